The fourth-order valence-corrected chi connectivity index (χ4v) is 3.46. The van der Waals surface area contributed by atoms with E-state index in [-0.39, 0.29) is 11.8 Å². The summed E-state index contributed by atoms with van der Waals surface area (Å²) in [4.78, 5) is 18.9. The predicted molar refractivity (Wildman–Crippen MR) is 94.5 cm³/mol. The molecule has 2 atom stereocenters. The summed E-state index contributed by atoms with van der Waals surface area (Å²) < 4.78 is 7.15. The topological polar surface area (TPSA) is 67.6 Å². The molecule has 0 spiro atoms. The average molecular weight is 343 g/mol. The molecule has 1 N–H and O–H groups in total. The monoisotopic (exact) mass is 343 g/mol. The van der Waals surface area contributed by atoms with Gasteiger partial charge in [0.2, 0.25) is 0 Å². The Labute approximate surface area is 148 Å². The number of hydrogen-bond donors (Lipinski definition) is 1. The molecule has 1 amide bonds. The molecule has 0 bridgehead atoms. The summed E-state index contributed by atoms with van der Waals surface area (Å²) in [5.41, 5.74) is 1.62. The third-order valence-corrected chi connectivity index (χ3v) is 4.97. The SMILES string of the molecule is COc1cc(C(=O)N2CCCC(C(O)c3nccn3C)C2)ccc1C. The lowest BCUT2D eigenvalue weighted by atomic mass is 9.91. The molecular formula is C19H25N3O3. The zero-order chi connectivity index (χ0) is 18.0. The van der Waals surface area contributed by atoms with Gasteiger partial charge in [-0.25, -0.2) is 4.98 Å². The van der Waals surface area contributed by atoms with E-state index in [0.717, 1.165) is 18.4 Å². The highest BCUT2D eigenvalue weighted by Crippen LogP contribution is 2.30. The summed E-state index contributed by atoms with van der Waals surface area (Å²) in [6.45, 7) is 3.19. The van der Waals surface area contributed by atoms with Gasteiger partial charge in [-0.15, -0.1) is 0 Å². The highest BCUT2D eigenvalue weighted by atomic mass is 16.5. The fraction of sp³-hybridized carbons (Fsp3) is 0.474. The first-order chi connectivity index (χ1) is 12.0. The molecule has 1 aliphatic heterocycles. The lowest BCUT2D eigenvalue weighted by Gasteiger charge is -2.35. The van der Waals surface area contributed by atoms with Crippen molar-refractivity contribution < 1.29 is 14.6 Å². The van der Waals surface area contributed by atoms with Crippen molar-refractivity contribution in [2.45, 2.75) is 25.9 Å². The molecule has 1 aromatic heterocycles. The first-order valence-corrected chi connectivity index (χ1v) is 8.60. The van der Waals surface area contributed by atoms with Crippen molar-refractivity contribution in [3.8, 4) is 5.75 Å². The minimum atomic E-state index is -0.664. The Morgan fingerprint density at radius 3 is 2.92 bits per heavy atom. The molecule has 1 aliphatic rings. The van der Waals surface area contributed by atoms with Crippen LogP contribution in [0.4, 0.5) is 0 Å². The fourth-order valence-electron chi connectivity index (χ4n) is 3.46. The number of carbonyl (C=O) groups excluding carboxylic acids is 1. The molecule has 0 saturated carbocycles. The molecule has 2 unspecified atom stereocenters. The number of aryl methyl sites for hydroxylation is 2. The molecule has 2 heterocycles. The maximum absolute atomic E-state index is 12.9. The highest BCUT2D eigenvalue weighted by molar-refractivity contribution is 5.94. The number of amides is 1. The van der Waals surface area contributed by atoms with Gasteiger partial charge in [0.25, 0.3) is 5.91 Å². The molecule has 1 aromatic carbocycles. The van der Waals surface area contributed by atoms with Gasteiger partial charge >= 0.3 is 0 Å². The Morgan fingerprint density at radius 1 is 1.44 bits per heavy atom. The summed E-state index contributed by atoms with van der Waals surface area (Å²) in [6, 6.07) is 5.52. The maximum atomic E-state index is 12.9. The van der Waals surface area contributed by atoms with Crippen LogP contribution in [-0.4, -0.2) is 45.7 Å². The van der Waals surface area contributed by atoms with Crippen LogP contribution in [0.3, 0.4) is 0 Å². The van der Waals surface area contributed by atoms with E-state index in [0.29, 0.717) is 30.2 Å². The molecule has 6 nitrogen and oxygen atoms in total. The Bertz CT molecular complexity index is 756. The molecule has 25 heavy (non-hydrogen) atoms. The van der Waals surface area contributed by atoms with Crippen LogP contribution in [0.5, 0.6) is 5.75 Å². The van der Waals surface area contributed by atoms with E-state index in [1.807, 2.05) is 41.8 Å². The molecule has 0 aliphatic carbocycles. The highest BCUT2D eigenvalue weighted by Gasteiger charge is 2.31. The van der Waals surface area contributed by atoms with Crippen molar-refractivity contribution in [3.63, 3.8) is 0 Å². The number of piperidine rings is 1. The number of benzene rings is 1. The van der Waals surface area contributed by atoms with E-state index < -0.39 is 6.10 Å². The number of nitrogens with zero attached hydrogens (tertiary/aromatic N) is 3. The van der Waals surface area contributed by atoms with Crippen LogP contribution in [-0.2, 0) is 7.05 Å². The van der Waals surface area contributed by atoms with Gasteiger partial charge in [-0.05, 0) is 37.5 Å². The van der Waals surface area contributed by atoms with E-state index in [1.165, 1.54) is 0 Å². The summed E-state index contributed by atoms with van der Waals surface area (Å²) in [5.74, 6) is 1.34. The second-order valence-corrected chi connectivity index (χ2v) is 6.68. The van der Waals surface area contributed by atoms with Crippen molar-refractivity contribution in [2.75, 3.05) is 20.2 Å². The normalized spacial score (nSPS) is 18.9. The number of aliphatic hydroxyl groups is 1. The van der Waals surface area contributed by atoms with Gasteiger partial charge in [-0.1, -0.05) is 6.07 Å². The Balaban J connectivity index is 1.75. The van der Waals surface area contributed by atoms with E-state index in [9.17, 15) is 9.90 Å². The number of likely N-dealkylation sites (tertiary alicyclic amines) is 1. The van der Waals surface area contributed by atoms with Gasteiger partial charge in [0.05, 0.1) is 7.11 Å². The number of hydrogen-bond acceptors (Lipinski definition) is 4. The molecule has 1 fully saturated rings. The summed E-state index contributed by atoms with van der Waals surface area (Å²) in [5, 5.41) is 10.7. The van der Waals surface area contributed by atoms with Crippen LogP contribution in [0, 0.1) is 12.8 Å². The summed E-state index contributed by atoms with van der Waals surface area (Å²) in [6.07, 6.45) is 4.60. The smallest absolute Gasteiger partial charge is 0.253 e. The van der Waals surface area contributed by atoms with Crippen LogP contribution >= 0.6 is 0 Å². The Kier molecular flexibility index (Phi) is 5.08. The van der Waals surface area contributed by atoms with Gasteiger partial charge in [0.1, 0.15) is 17.7 Å². The number of rotatable bonds is 4. The minimum absolute atomic E-state index is 0.00820. The van der Waals surface area contributed by atoms with Gasteiger partial charge < -0.3 is 19.3 Å². The molecular weight excluding hydrogens is 318 g/mol. The predicted octanol–water partition coefficient (Wildman–Crippen LogP) is 2.32. The second-order valence-electron chi connectivity index (χ2n) is 6.68. The number of methoxy groups -OCH3 is 1. The van der Waals surface area contributed by atoms with Gasteiger partial charge in [-0.2, -0.15) is 0 Å². The van der Waals surface area contributed by atoms with Crippen LogP contribution in [0.15, 0.2) is 30.6 Å². The van der Waals surface area contributed by atoms with Gasteiger partial charge in [-0.3, -0.25) is 4.79 Å². The van der Waals surface area contributed by atoms with Crippen molar-refractivity contribution in [3.05, 3.63) is 47.5 Å². The van der Waals surface area contributed by atoms with Crippen molar-refractivity contribution in [1.29, 1.82) is 0 Å². The minimum Gasteiger partial charge on any atom is -0.496 e. The summed E-state index contributed by atoms with van der Waals surface area (Å²) >= 11 is 0. The van der Waals surface area contributed by atoms with Crippen LogP contribution in [0.2, 0.25) is 0 Å². The number of carbonyl (C=O) groups is 1. The van der Waals surface area contributed by atoms with E-state index in [1.54, 1.807) is 19.4 Å². The standard InChI is InChI=1S/C19H25N3O3/c1-13-6-7-14(11-16(13)25-3)19(24)22-9-4-5-15(12-22)17(23)18-20-8-10-21(18)2/h6-8,10-11,15,17,23H,4-5,9,12H2,1-3H3. The molecule has 2 aromatic rings. The molecule has 3 rings (SSSR count). The first-order valence-electron chi connectivity index (χ1n) is 8.60. The Morgan fingerprint density at radius 2 is 2.24 bits per heavy atom. The molecule has 134 valence electrons. The number of ether oxygens (including phenoxy) is 1. The van der Waals surface area contributed by atoms with Crippen LogP contribution in [0.25, 0.3) is 0 Å². The third-order valence-electron chi connectivity index (χ3n) is 4.97. The summed E-state index contributed by atoms with van der Waals surface area (Å²) in [7, 11) is 3.48. The van der Waals surface area contributed by atoms with E-state index >= 15 is 0 Å². The zero-order valence-corrected chi connectivity index (χ0v) is 15.0. The van der Waals surface area contributed by atoms with Gasteiger partial charge in [0, 0.05) is 44.0 Å². The number of aliphatic hydroxyl groups excluding tert-OH is 1. The van der Waals surface area contributed by atoms with Crippen molar-refractivity contribution in [1.82, 2.24) is 14.5 Å². The van der Waals surface area contributed by atoms with Gasteiger partial charge in [0.15, 0.2) is 0 Å². The molecule has 0 radical (unpaired) electrons. The van der Waals surface area contributed by atoms with Crippen molar-refractivity contribution >= 4 is 5.91 Å². The lowest BCUT2D eigenvalue weighted by molar-refractivity contribution is 0.0358. The van der Waals surface area contributed by atoms with E-state index in [4.69, 9.17) is 4.74 Å². The quantitative estimate of drug-likeness (QED) is 0.925. The number of aromatic nitrogens is 2. The largest absolute Gasteiger partial charge is 0.496 e. The van der Waals surface area contributed by atoms with Crippen LogP contribution in [0.1, 0.15) is 40.7 Å². The first kappa shape index (κ1) is 17.5. The Hall–Kier alpha value is -2.34. The second kappa shape index (κ2) is 7.27. The zero-order valence-electron chi connectivity index (χ0n) is 15.0. The molecule has 1 saturated heterocycles. The van der Waals surface area contributed by atoms with Crippen molar-refractivity contribution in [2.24, 2.45) is 13.0 Å². The van der Waals surface area contributed by atoms with E-state index in [2.05, 4.69) is 4.98 Å². The molecule has 6 heteroatoms. The average Bonchev–Trinajstić information content (AvgIpc) is 3.07. The van der Waals surface area contributed by atoms with Crippen LogP contribution < -0.4 is 4.74 Å². The lowest BCUT2D eigenvalue weighted by Crippen LogP contribution is -2.42. The number of imidazole rings is 1. The maximum Gasteiger partial charge on any atom is 0.253 e. The third kappa shape index (κ3) is 3.54.